The molecule has 1 aromatic heterocycles. The molecule has 26 heavy (non-hydrogen) atoms. The first-order valence-electron chi connectivity index (χ1n) is 9.52. The maximum Gasteiger partial charge on any atom is 0.230 e. The fourth-order valence-corrected chi connectivity index (χ4v) is 4.25. The van der Waals surface area contributed by atoms with Crippen molar-refractivity contribution in [3.8, 4) is 5.75 Å². The van der Waals surface area contributed by atoms with Crippen LogP contribution in [0, 0.1) is 0 Å². The number of ether oxygens (including phenoxy) is 1. The Morgan fingerprint density at radius 3 is 2.54 bits per heavy atom. The molecule has 1 heterocycles. The van der Waals surface area contributed by atoms with Crippen molar-refractivity contribution in [1.82, 2.24) is 9.47 Å². The predicted octanol–water partition coefficient (Wildman–Crippen LogP) is 5.01. The van der Waals surface area contributed by atoms with Gasteiger partial charge in [-0.2, -0.15) is 0 Å². The van der Waals surface area contributed by atoms with Crippen LogP contribution < -0.4 is 4.74 Å². The molecule has 1 aliphatic carbocycles. The van der Waals surface area contributed by atoms with Crippen LogP contribution in [0.4, 0.5) is 0 Å². The number of hydrogen-bond acceptors (Lipinski definition) is 2. The summed E-state index contributed by atoms with van der Waals surface area (Å²) in [5, 5.41) is 1.14. The zero-order valence-electron chi connectivity index (χ0n) is 16.6. The number of halogens is 1. The lowest BCUT2D eigenvalue weighted by molar-refractivity contribution is -0.132. The van der Waals surface area contributed by atoms with Crippen LogP contribution in [0.3, 0.4) is 0 Å². The molecule has 0 saturated heterocycles. The topological polar surface area (TPSA) is 34.5 Å². The summed E-state index contributed by atoms with van der Waals surface area (Å²) in [6, 6.07) is 6.20. The number of benzene rings is 1. The summed E-state index contributed by atoms with van der Waals surface area (Å²) in [5.74, 6) is 1.11. The van der Waals surface area contributed by atoms with E-state index in [-0.39, 0.29) is 11.8 Å². The van der Waals surface area contributed by atoms with Gasteiger partial charge < -0.3 is 14.2 Å². The molecular formula is C21H31IN2O2. The van der Waals surface area contributed by atoms with Crippen molar-refractivity contribution >= 4 is 39.4 Å². The second kappa shape index (κ2) is 9.62. The molecule has 4 nitrogen and oxygen atoms in total. The van der Waals surface area contributed by atoms with E-state index in [4.69, 9.17) is 4.74 Å². The fourth-order valence-electron chi connectivity index (χ4n) is 4.25. The average molecular weight is 470 g/mol. The molecule has 1 atom stereocenters. The molecule has 0 radical (unpaired) electrons. The molecule has 3 rings (SSSR count). The number of methoxy groups -OCH3 is 1. The maximum atomic E-state index is 13.1. The van der Waals surface area contributed by atoms with Gasteiger partial charge in [0.25, 0.3) is 0 Å². The van der Waals surface area contributed by atoms with Crippen molar-refractivity contribution in [1.29, 1.82) is 0 Å². The Labute approximate surface area is 171 Å². The van der Waals surface area contributed by atoms with Crippen molar-refractivity contribution in [2.75, 3.05) is 25.1 Å². The highest BCUT2D eigenvalue weighted by Crippen LogP contribution is 2.43. The van der Waals surface area contributed by atoms with Crippen molar-refractivity contribution in [2.45, 2.75) is 52.5 Å². The first-order valence-corrected chi connectivity index (χ1v) is 11.7. The third-order valence-corrected chi connectivity index (χ3v) is 5.37. The number of carbonyl (C=O) groups is 1. The van der Waals surface area contributed by atoms with Crippen molar-refractivity contribution in [3.05, 3.63) is 29.5 Å². The molecule has 1 aliphatic rings. The normalized spacial score (nSPS) is 15.8. The Bertz CT molecular complexity index is 750. The van der Waals surface area contributed by atoms with Gasteiger partial charge in [0.1, 0.15) is 5.75 Å². The van der Waals surface area contributed by atoms with Gasteiger partial charge in [-0.1, -0.05) is 28.7 Å². The molecule has 2 aromatic rings. The smallest absolute Gasteiger partial charge is 0.230 e. The molecule has 0 fully saturated rings. The van der Waals surface area contributed by atoms with Crippen LogP contribution in [-0.4, -0.2) is 40.5 Å². The van der Waals surface area contributed by atoms with Crippen molar-refractivity contribution in [2.24, 2.45) is 0 Å². The molecule has 1 unspecified atom stereocenters. The number of rotatable bonds is 5. The SMILES string of the molecule is CCN(CC)C(=O)C1CCCc2c1c1c(OC)cccc1n2CC.CI. The van der Waals surface area contributed by atoms with Crippen LogP contribution in [0.1, 0.15) is 50.8 Å². The van der Waals surface area contributed by atoms with Crippen LogP contribution in [0.5, 0.6) is 5.75 Å². The number of aryl methyl sites for hydroxylation is 1. The molecule has 0 N–H and O–H groups in total. The highest BCUT2D eigenvalue weighted by Gasteiger charge is 2.34. The molecule has 1 aromatic carbocycles. The van der Waals surface area contributed by atoms with Gasteiger partial charge in [-0.15, -0.1) is 0 Å². The lowest BCUT2D eigenvalue weighted by atomic mass is 9.84. The van der Waals surface area contributed by atoms with Gasteiger partial charge in [0, 0.05) is 30.7 Å². The predicted molar refractivity (Wildman–Crippen MR) is 118 cm³/mol. The molecule has 5 heteroatoms. The number of amides is 1. The van der Waals surface area contributed by atoms with Crippen LogP contribution in [-0.2, 0) is 17.8 Å². The fraction of sp³-hybridized carbons (Fsp3) is 0.571. The highest BCUT2D eigenvalue weighted by molar-refractivity contribution is 14.1. The molecule has 1 amide bonds. The number of carbonyl (C=O) groups excluding carboxylic acids is 1. The molecular weight excluding hydrogens is 439 g/mol. The van der Waals surface area contributed by atoms with Gasteiger partial charge in [0.15, 0.2) is 0 Å². The number of alkyl halides is 1. The quantitative estimate of drug-likeness (QED) is 0.455. The van der Waals surface area contributed by atoms with E-state index in [0.717, 1.165) is 50.0 Å². The number of nitrogens with zero attached hydrogens (tertiary/aromatic N) is 2. The molecule has 0 aliphatic heterocycles. The summed E-state index contributed by atoms with van der Waals surface area (Å²) >= 11 is 2.15. The molecule has 0 saturated carbocycles. The van der Waals surface area contributed by atoms with Gasteiger partial charge >= 0.3 is 0 Å². The number of likely N-dealkylation sites (N-methyl/N-ethyl adjacent to an activating group) is 1. The van der Waals surface area contributed by atoms with E-state index in [1.165, 1.54) is 16.8 Å². The summed E-state index contributed by atoms with van der Waals surface area (Å²) in [6.45, 7) is 8.75. The Morgan fingerprint density at radius 1 is 1.27 bits per heavy atom. The molecule has 0 spiro atoms. The van der Waals surface area contributed by atoms with E-state index in [9.17, 15) is 4.79 Å². The van der Waals surface area contributed by atoms with Crippen LogP contribution in [0.25, 0.3) is 10.9 Å². The minimum Gasteiger partial charge on any atom is -0.496 e. The lowest BCUT2D eigenvalue weighted by Crippen LogP contribution is -2.36. The van der Waals surface area contributed by atoms with Gasteiger partial charge in [0.2, 0.25) is 5.91 Å². The standard InChI is InChI=1S/C20H28N2O2.CH3I/c1-5-21(6-2)20(23)14-10-8-11-15-18(14)19-16(22(15)7-3)12-9-13-17(19)24-4;1-2/h9,12-14H,5-8,10-11H2,1-4H3;1H3. The largest absolute Gasteiger partial charge is 0.496 e. The molecule has 144 valence electrons. The summed E-state index contributed by atoms with van der Waals surface area (Å²) in [5.41, 5.74) is 3.74. The summed E-state index contributed by atoms with van der Waals surface area (Å²) in [7, 11) is 1.72. The van der Waals surface area contributed by atoms with E-state index in [0.29, 0.717) is 0 Å². The number of aromatic nitrogens is 1. The minimum absolute atomic E-state index is 0.0414. The Balaban J connectivity index is 0.00000117. The lowest BCUT2D eigenvalue weighted by Gasteiger charge is -2.29. The summed E-state index contributed by atoms with van der Waals surface area (Å²) in [4.78, 5) is 17.1. The molecule has 0 bridgehead atoms. The maximum absolute atomic E-state index is 13.1. The van der Waals surface area contributed by atoms with E-state index in [1.54, 1.807) is 7.11 Å². The zero-order chi connectivity index (χ0) is 19.3. The van der Waals surface area contributed by atoms with Crippen LogP contribution in [0.2, 0.25) is 0 Å². The first-order chi connectivity index (χ1) is 12.7. The summed E-state index contributed by atoms with van der Waals surface area (Å²) < 4.78 is 8.02. The number of fused-ring (bicyclic) bond motifs is 3. The summed E-state index contributed by atoms with van der Waals surface area (Å²) in [6.07, 6.45) is 3.05. The first kappa shape index (κ1) is 21.1. The van der Waals surface area contributed by atoms with E-state index in [2.05, 4.69) is 54.0 Å². The third kappa shape index (κ3) is 3.59. The van der Waals surface area contributed by atoms with Crippen LogP contribution in [0.15, 0.2) is 18.2 Å². The number of hydrogen-bond donors (Lipinski definition) is 0. The van der Waals surface area contributed by atoms with Crippen LogP contribution >= 0.6 is 22.6 Å². The van der Waals surface area contributed by atoms with E-state index in [1.807, 2.05) is 22.0 Å². The van der Waals surface area contributed by atoms with Gasteiger partial charge in [-0.25, -0.2) is 0 Å². The van der Waals surface area contributed by atoms with Gasteiger partial charge in [-0.3, -0.25) is 4.79 Å². The minimum atomic E-state index is -0.0414. The van der Waals surface area contributed by atoms with Crippen molar-refractivity contribution < 1.29 is 9.53 Å². The highest BCUT2D eigenvalue weighted by atomic mass is 127. The second-order valence-corrected chi connectivity index (χ2v) is 6.41. The Kier molecular flexibility index (Phi) is 7.80. The van der Waals surface area contributed by atoms with Gasteiger partial charge in [-0.05, 0) is 62.7 Å². The van der Waals surface area contributed by atoms with E-state index < -0.39 is 0 Å². The monoisotopic (exact) mass is 470 g/mol. The van der Waals surface area contributed by atoms with Gasteiger partial charge in [0.05, 0.1) is 18.5 Å². The second-order valence-electron chi connectivity index (χ2n) is 6.41. The Morgan fingerprint density at radius 2 is 1.96 bits per heavy atom. The van der Waals surface area contributed by atoms with E-state index >= 15 is 0 Å². The zero-order valence-corrected chi connectivity index (χ0v) is 18.8. The third-order valence-electron chi connectivity index (χ3n) is 5.37. The van der Waals surface area contributed by atoms with Crippen molar-refractivity contribution in [3.63, 3.8) is 0 Å². The average Bonchev–Trinajstić information content (AvgIpc) is 3.04. The Hall–Kier alpha value is -1.24.